The van der Waals surface area contributed by atoms with Gasteiger partial charge in [0.05, 0.1) is 5.56 Å². The lowest BCUT2D eigenvalue weighted by Gasteiger charge is -2.35. The number of benzene rings is 3. The van der Waals surface area contributed by atoms with Gasteiger partial charge in [-0.25, -0.2) is 4.79 Å². The summed E-state index contributed by atoms with van der Waals surface area (Å²) in [5.41, 5.74) is 4.44. The summed E-state index contributed by atoms with van der Waals surface area (Å²) in [5.74, 6) is -1.42. The number of hydrogen-bond acceptors (Lipinski definition) is 6. The summed E-state index contributed by atoms with van der Waals surface area (Å²) in [4.78, 5) is 43.2. The Morgan fingerprint density at radius 1 is 0.838 bits per heavy atom. The summed E-state index contributed by atoms with van der Waals surface area (Å²) in [5, 5.41) is 2.76. The van der Waals surface area contributed by atoms with Crippen LogP contribution < -0.4 is 10.2 Å². The van der Waals surface area contributed by atoms with E-state index >= 15 is 0 Å². The third kappa shape index (κ3) is 6.43. The average Bonchev–Trinajstić information content (AvgIpc) is 2.93. The number of rotatable bonds is 8. The van der Waals surface area contributed by atoms with Crippen LogP contribution in [0.5, 0.6) is 0 Å². The molecule has 0 saturated carbocycles. The van der Waals surface area contributed by atoms with Crippen LogP contribution in [-0.2, 0) is 9.53 Å². The van der Waals surface area contributed by atoms with E-state index in [1.54, 1.807) is 18.2 Å². The van der Waals surface area contributed by atoms with Crippen LogP contribution in [0.4, 0.5) is 11.4 Å². The van der Waals surface area contributed by atoms with Crippen LogP contribution in [0.3, 0.4) is 0 Å². The molecule has 1 heterocycles. The number of hydrogen-bond donors (Lipinski definition) is 1. The molecule has 1 N–H and O–H groups in total. The second kappa shape index (κ2) is 11.8. The van der Waals surface area contributed by atoms with E-state index in [0.717, 1.165) is 49.5 Å². The summed E-state index contributed by atoms with van der Waals surface area (Å²) in [6.07, 6.45) is 0. The first-order chi connectivity index (χ1) is 17.9. The van der Waals surface area contributed by atoms with Gasteiger partial charge >= 0.3 is 5.97 Å². The van der Waals surface area contributed by atoms with Crippen molar-refractivity contribution < 1.29 is 19.1 Å². The minimum atomic E-state index is -0.717. The highest BCUT2D eigenvalue weighted by Crippen LogP contribution is 2.21. The standard InChI is InChI=1S/C30H33N3O4/c1-4-32-15-17-33(18-16-32)24-13-11-23(12-14-24)31-28(34)20-37-30(36)26-8-6-5-7-25(26)29(35)27-19-21(2)9-10-22(27)3/h5-14,19H,4,15-18,20H2,1-3H3,(H,31,34). The van der Waals surface area contributed by atoms with Crippen molar-refractivity contribution in [2.24, 2.45) is 0 Å². The summed E-state index contributed by atoms with van der Waals surface area (Å²) in [7, 11) is 0. The Kier molecular flexibility index (Phi) is 8.36. The maximum atomic E-state index is 13.2. The molecule has 1 fully saturated rings. The first-order valence-corrected chi connectivity index (χ1v) is 12.6. The summed E-state index contributed by atoms with van der Waals surface area (Å²) in [6, 6.07) is 19.8. The van der Waals surface area contributed by atoms with Crippen molar-refractivity contribution in [2.45, 2.75) is 20.8 Å². The van der Waals surface area contributed by atoms with Crippen LogP contribution in [0.1, 0.15) is 44.3 Å². The SMILES string of the molecule is CCN1CCN(c2ccc(NC(=O)COC(=O)c3ccccc3C(=O)c3cc(C)ccc3C)cc2)CC1. The van der Waals surface area contributed by atoms with Crippen molar-refractivity contribution in [3.8, 4) is 0 Å². The molecule has 192 valence electrons. The number of carbonyl (C=O) groups excluding carboxylic acids is 3. The number of anilines is 2. The predicted molar refractivity (Wildman–Crippen MR) is 145 cm³/mol. The normalized spacial score (nSPS) is 13.8. The number of nitrogens with zero attached hydrogens (tertiary/aromatic N) is 2. The Balaban J connectivity index is 1.35. The van der Waals surface area contributed by atoms with Gasteiger partial charge in [0.2, 0.25) is 0 Å². The largest absolute Gasteiger partial charge is 0.452 e. The highest BCUT2D eigenvalue weighted by atomic mass is 16.5. The molecule has 7 heteroatoms. The molecule has 0 spiro atoms. The fourth-order valence-electron chi connectivity index (χ4n) is 4.47. The topological polar surface area (TPSA) is 79.0 Å². The van der Waals surface area contributed by atoms with E-state index in [-0.39, 0.29) is 16.9 Å². The first-order valence-electron chi connectivity index (χ1n) is 12.6. The zero-order chi connectivity index (χ0) is 26.4. The predicted octanol–water partition coefficient (Wildman–Crippen LogP) is 4.47. The molecule has 0 aromatic heterocycles. The van der Waals surface area contributed by atoms with Crippen LogP contribution in [0.2, 0.25) is 0 Å². The van der Waals surface area contributed by atoms with Crippen LogP contribution in [0, 0.1) is 13.8 Å². The molecule has 0 bridgehead atoms. The lowest BCUT2D eigenvalue weighted by atomic mass is 9.94. The molecular weight excluding hydrogens is 466 g/mol. The number of ether oxygens (including phenoxy) is 1. The van der Waals surface area contributed by atoms with Crippen molar-refractivity contribution in [2.75, 3.05) is 49.5 Å². The van der Waals surface area contributed by atoms with E-state index in [1.165, 1.54) is 6.07 Å². The number of esters is 1. The third-order valence-corrected chi connectivity index (χ3v) is 6.70. The second-order valence-electron chi connectivity index (χ2n) is 9.29. The van der Waals surface area contributed by atoms with Crippen molar-refractivity contribution in [3.05, 3.63) is 94.5 Å². The van der Waals surface area contributed by atoms with Gasteiger partial charge < -0.3 is 19.9 Å². The quantitative estimate of drug-likeness (QED) is 0.364. The number of piperazine rings is 1. The average molecular weight is 500 g/mol. The highest BCUT2D eigenvalue weighted by molar-refractivity contribution is 6.15. The number of nitrogens with one attached hydrogen (secondary N) is 1. The number of amides is 1. The van der Waals surface area contributed by atoms with E-state index in [1.807, 2.05) is 56.3 Å². The van der Waals surface area contributed by atoms with Gasteiger partial charge in [0, 0.05) is 48.7 Å². The zero-order valence-corrected chi connectivity index (χ0v) is 21.6. The maximum absolute atomic E-state index is 13.2. The molecule has 1 amide bonds. The second-order valence-corrected chi connectivity index (χ2v) is 9.29. The fourth-order valence-corrected chi connectivity index (χ4v) is 4.47. The number of ketones is 1. The van der Waals surface area contributed by atoms with Gasteiger partial charge in [0.25, 0.3) is 5.91 Å². The van der Waals surface area contributed by atoms with Gasteiger partial charge in [-0.3, -0.25) is 9.59 Å². The smallest absolute Gasteiger partial charge is 0.339 e. The molecule has 3 aromatic rings. The number of carbonyl (C=O) groups is 3. The van der Waals surface area contributed by atoms with Crippen molar-refractivity contribution in [1.82, 2.24) is 4.90 Å². The molecular formula is C30H33N3O4. The third-order valence-electron chi connectivity index (χ3n) is 6.70. The van der Waals surface area contributed by atoms with E-state index in [4.69, 9.17) is 4.74 Å². The first kappa shape index (κ1) is 26.1. The molecule has 1 saturated heterocycles. The van der Waals surface area contributed by atoms with E-state index < -0.39 is 18.5 Å². The monoisotopic (exact) mass is 499 g/mol. The summed E-state index contributed by atoms with van der Waals surface area (Å²) in [6.45, 7) is 10.6. The summed E-state index contributed by atoms with van der Waals surface area (Å²) < 4.78 is 5.27. The van der Waals surface area contributed by atoms with Crippen molar-refractivity contribution in [1.29, 1.82) is 0 Å². The maximum Gasteiger partial charge on any atom is 0.339 e. The van der Waals surface area contributed by atoms with Crippen LogP contribution in [0.25, 0.3) is 0 Å². The van der Waals surface area contributed by atoms with E-state index in [2.05, 4.69) is 22.0 Å². The molecule has 1 aliphatic heterocycles. The van der Waals surface area contributed by atoms with Gasteiger partial charge in [-0.05, 0) is 62.4 Å². The van der Waals surface area contributed by atoms with Gasteiger partial charge in [-0.1, -0.05) is 42.8 Å². The molecule has 1 aliphatic rings. The van der Waals surface area contributed by atoms with E-state index in [9.17, 15) is 14.4 Å². The van der Waals surface area contributed by atoms with E-state index in [0.29, 0.717) is 11.3 Å². The molecule has 0 unspecified atom stereocenters. The highest BCUT2D eigenvalue weighted by Gasteiger charge is 2.21. The molecule has 0 radical (unpaired) electrons. The van der Waals surface area contributed by atoms with Crippen molar-refractivity contribution >= 4 is 29.0 Å². The van der Waals surface area contributed by atoms with Gasteiger partial charge in [-0.2, -0.15) is 0 Å². The molecule has 3 aromatic carbocycles. The Labute approximate surface area is 218 Å². The number of likely N-dealkylation sites (N-methyl/N-ethyl adjacent to an activating group) is 1. The van der Waals surface area contributed by atoms with Gasteiger partial charge in [0.15, 0.2) is 12.4 Å². The zero-order valence-electron chi connectivity index (χ0n) is 21.6. The van der Waals surface area contributed by atoms with Crippen LogP contribution >= 0.6 is 0 Å². The molecule has 0 aliphatic carbocycles. The Morgan fingerprint density at radius 2 is 1.51 bits per heavy atom. The molecule has 7 nitrogen and oxygen atoms in total. The Bertz CT molecular complexity index is 1280. The van der Waals surface area contributed by atoms with Gasteiger partial charge in [0.1, 0.15) is 0 Å². The lowest BCUT2D eigenvalue weighted by molar-refractivity contribution is -0.119. The summed E-state index contributed by atoms with van der Waals surface area (Å²) >= 11 is 0. The van der Waals surface area contributed by atoms with Crippen LogP contribution in [-0.4, -0.2) is 61.9 Å². The fraction of sp³-hybridized carbons (Fsp3) is 0.300. The Hall–Kier alpha value is -3.97. The minimum Gasteiger partial charge on any atom is -0.452 e. The van der Waals surface area contributed by atoms with Crippen LogP contribution in [0.15, 0.2) is 66.7 Å². The van der Waals surface area contributed by atoms with Gasteiger partial charge in [-0.15, -0.1) is 0 Å². The molecule has 37 heavy (non-hydrogen) atoms. The minimum absolute atomic E-state index is 0.133. The molecule has 0 atom stereocenters. The van der Waals surface area contributed by atoms with Crippen molar-refractivity contribution in [3.63, 3.8) is 0 Å². The molecule has 4 rings (SSSR count). The lowest BCUT2D eigenvalue weighted by Crippen LogP contribution is -2.46. The number of aryl methyl sites for hydroxylation is 2. The Morgan fingerprint density at radius 3 is 2.19 bits per heavy atom.